The third-order valence-electron chi connectivity index (χ3n) is 5.96. The van der Waals surface area contributed by atoms with E-state index in [-0.39, 0.29) is 31.0 Å². The molecule has 1 fully saturated rings. The van der Waals surface area contributed by atoms with E-state index in [1.165, 1.54) is 17.0 Å². The Morgan fingerprint density at radius 3 is 2.20 bits per heavy atom. The smallest absolute Gasteiger partial charge is 0.326 e. The van der Waals surface area contributed by atoms with Crippen LogP contribution in [0, 0.1) is 0 Å². The van der Waals surface area contributed by atoms with E-state index in [1.807, 2.05) is 6.07 Å². The number of carbonyl (C=O) groups excluding carboxylic acids is 3. The first kappa shape index (κ1) is 25.7. The number of carboxylic acids is 1. The highest BCUT2D eigenvalue weighted by Gasteiger charge is 2.36. The number of nitrogens with one attached hydrogen (secondary N) is 2. The van der Waals surface area contributed by atoms with E-state index in [0.29, 0.717) is 24.9 Å². The molecular formula is C25H30N4O6. The summed E-state index contributed by atoms with van der Waals surface area (Å²) in [6.45, 7) is 0.183. The van der Waals surface area contributed by atoms with E-state index in [1.54, 1.807) is 36.4 Å². The molecular weight excluding hydrogens is 452 g/mol. The van der Waals surface area contributed by atoms with Crippen LogP contribution in [0.25, 0.3) is 0 Å². The third kappa shape index (κ3) is 7.03. The summed E-state index contributed by atoms with van der Waals surface area (Å²) in [5.41, 5.74) is 6.85. The van der Waals surface area contributed by atoms with Crippen molar-refractivity contribution in [1.82, 2.24) is 15.5 Å². The summed E-state index contributed by atoms with van der Waals surface area (Å²) < 4.78 is 0. The average molecular weight is 483 g/mol. The van der Waals surface area contributed by atoms with Gasteiger partial charge in [-0.05, 0) is 36.1 Å². The Balaban J connectivity index is 1.77. The molecule has 2 aromatic rings. The molecule has 0 saturated carbocycles. The fraction of sp³-hybridized carbons (Fsp3) is 0.360. The number of rotatable bonds is 10. The molecule has 0 aliphatic carbocycles. The van der Waals surface area contributed by atoms with Crippen LogP contribution >= 0.6 is 0 Å². The van der Waals surface area contributed by atoms with Crippen LogP contribution in [0.2, 0.25) is 0 Å². The van der Waals surface area contributed by atoms with E-state index in [4.69, 9.17) is 5.73 Å². The predicted molar refractivity (Wildman–Crippen MR) is 127 cm³/mol. The van der Waals surface area contributed by atoms with Crippen LogP contribution in [0.4, 0.5) is 0 Å². The van der Waals surface area contributed by atoms with Gasteiger partial charge in [-0.2, -0.15) is 0 Å². The largest absolute Gasteiger partial charge is 0.508 e. The Morgan fingerprint density at radius 2 is 1.57 bits per heavy atom. The zero-order valence-corrected chi connectivity index (χ0v) is 19.2. The number of carboxylic acid groups (broad SMARTS) is 1. The number of nitrogens with two attached hydrogens (primary N) is 1. The van der Waals surface area contributed by atoms with E-state index in [2.05, 4.69) is 10.6 Å². The van der Waals surface area contributed by atoms with Gasteiger partial charge in [0.2, 0.25) is 17.7 Å². The summed E-state index contributed by atoms with van der Waals surface area (Å²) in [5, 5.41) is 24.5. The van der Waals surface area contributed by atoms with Crippen LogP contribution in [0.5, 0.6) is 5.75 Å². The van der Waals surface area contributed by atoms with Gasteiger partial charge in [0.1, 0.15) is 23.9 Å². The third-order valence-corrected chi connectivity index (χ3v) is 5.96. The second-order valence-electron chi connectivity index (χ2n) is 8.47. The first-order valence-electron chi connectivity index (χ1n) is 11.4. The molecule has 1 aliphatic rings. The quantitative estimate of drug-likeness (QED) is 0.323. The number of phenols is 1. The van der Waals surface area contributed by atoms with Gasteiger partial charge in [-0.25, -0.2) is 4.79 Å². The molecule has 3 rings (SSSR count). The second-order valence-corrected chi connectivity index (χ2v) is 8.47. The molecule has 1 saturated heterocycles. The van der Waals surface area contributed by atoms with E-state index in [0.717, 1.165) is 5.56 Å². The van der Waals surface area contributed by atoms with Gasteiger partial charge < -0.3 is 31.5 Å². The molecule has 2 aromatic carbocycles. The Morgan fingerprint density at radius 1 is 0.943 bits per heavy atom. The number of hydrogen-bond acceptors (Lipinski definition) is 6. The minimum absolute atomic E-state index is 0.0504. The molecule has 0 spiro atoms. The lowest BCUT2D eigenvalue weighted by Gasteiger charge is -2.27. The number of phenolic OH excluding ortho intramolecular Hbond substituents is 1. The number of aromatic hydroxyl groups is 1. The highest BCUT2D eigenvalue weighted by Crippen LogP contribution is 2.18. The molecule has 6 N–H and O–H groups in total. The average Bonchev–Trinajstić information content (AvgIpc) is 3.35. The lowest BCUT2D eigenvalue weighted by atomic mass is 10.0. The first-order chi connectivity index (χ1) is 16.8. The maximum atomic E-state index is 13.2. The van der Waals surface area contributed by atoms with Crippen LogP contribution < -0.4 is 16.4 Å². The maximum absolute atomic E-state index is 13.2. The van der Waals surface area contributed by atoms with Gasteiger partial charge in [0, 0.05) is 19.4 Å². The molecule has 0 aromatic heterocycles. The van der Waals surface area contributed by atoms with Gasteiger partial charge in [-0.15, -0.1) is 0 Å². The summed E-state index contributed by atoms with van der Waals surface area (Å²) in [5.74, 6) is -2.67. The highest BCUT2D eigenvalue weighted by molar-refractivity contribution is 5.94. The fourth-order valence-electron chi connectivity index (χ4n) is 4.12. The molecule has 10 heteroatoms. The molecule has 186 valence electrons. The normalized spacial score (nSPS) is 16.8. The number of aliphatic carboxylic acids is 1. The predicted octanol–water partition coefficient (Wildman–Crippen LogP) is 0.181. The van der Waals surface area contributed by atoms with Crippen molar-refractivity contribution in [1.29, 1.82) is 0 Å². The Hall–Kier alpha value is -3.92. The van der Waals surface area contributed by atoms with Crippen molar-refractivity contribution in [2.45, 2.75) is 43.8 Å². The zero-order chi connectivity index (χ0) is 25.4. The summed E-state index contributed by atoms with van der Waals surface area (Å²) in [7, 11) is 0. The fourth-order valence-corrected chi connectivity index (χ4v) is 4.12. The molecule has 3 atom stereocenters. The maximum Gasteiger partial charge on any atom is 0.326 e. The number of carbonyl (C=O) groups is 4. The van der Waals surface area contributed by atoms with Crippen LogP contribution in [0.1, 0.15) is 24.0 Å². The lowest BCUT2D eigenvalue weighted by Crippen LogP contribution is -2.56. The van der Waals surface area contributed by atoms with Gasteiger partial charge in [-0.3, -0.25) is 14.4 Å². The van der Waals surface area contributed by atoms with Crippen LogP contribution in [-0.4, -0.2) is 70.0 Å². The molecule has 0 bridgehead atoms. The van der Waals surface area contributed by atoms with Gasteiger partial charge in [0.05, 0.1) is 6.54 Å². The summed E-state index contributed by atoms with van der Waals surface area (Å²) in [6.07, 6.45) is 1.21. The molecule has 3 amide bonds. The van der Waals surface area contributed by atoms with Crippen molar-refractivity contribution in [2.24, 2.45) is 5.73 Å². The minimum atomic E-state index is -1.20. The summed E-state index contributed by atoms with van der Waals surface area (Å²) in [4.78, 5) is 51.6. The minimum Gasteiger partial charge on any atom is -0.508 e. The number of amides is 3. The van der Waals surface area contributed by atoms with Gasteiger partial charge in [0.25, 0.3) is 0 Å². The van der Waals surface area contributed by atoms with E-state index >= 15 is 0 Å². The van der Waals surface area contributed by atoms with Crippen molar-refractivity contribution < 1.29 is 29.4 Å². The summed E-state index contributed by atoms with van der Waals surface area (Å²) >= 11 is 0. The number of likely N-dealkylation sites (tertiary alicyclic amines) is 1. The van der Waals surface area contributed by atoms with E-state index in [9.17, 15) is 29.4 Å². The lowest BCUT2D eigenvalue weighted by molar-refractivity contribution is -0.142. The molecule has 10 nitrogen and oxygen atoms in total. The summed E-state index contributed by atoms with van der Waals surface area (Å²) in [6, 6.07) is 12.0. The van der Waals surface area contributed by atoms with Crippen molar-refractivity contribution in [3.8, 4) is 5.75 Å². The van der Waals surface area contributed by atoms with Crippen LogP contribution in [-0.2, 0) is 32.0 Å². The van der Waals surface area contributed by atoms with Crippen molar-refractivity contribution in [3.05, 3.63) is 65.7 Å². The van der Waals surface area contributed by atoms with Crippen molar-refractivity contribution in [2.75, 3.05) is 13.1 Å². The molecule has 35 heavy (non-hydrogen) atoms. The van der Waals surface area contributed by atoms with Crippen LogP contribution in [0.3, 0.4) is 0 Å². The topological polar surface area (TPSA) is 162 Å². The highest BCUT2D eigenvalue weighted by atomic mass is 16.4. The Kier molecular flexibility index (Phi) is 8.80. The van der Waals surface area contributed by atoms with Gasteiger partial charge in [-0.1, -0.05) is 42.5 Å². The second kappa shape index (κ2) is 12.0. The number of benzene rings is 2. The molecule has 3 unspecified atom stereocenters. The van der Waals surface area contributed by atoms with Crippen molar-refractivity contribution in [3.63, 3.8) is 0 Å². The first-order valence-corrected chi connectivity index (χ1v) is 11.4. The number of hydrogen-bond donors (Lipinski definition) is 5. The van der Waals surface area contributed by atoms with Crippen molar-refractivity contribution >= 4 is 23.7 Å². The molecule has 1 heterocycles. The van der Waals surface area contributed by atoms with Crippen LogP contribution in [0.15, 0.2) is 54.6 Å². The molecule has 1 aliphatic heterocycles. The van der Waals surface area contributed by atoms with Gasteiger partial charge >= 0.3 is 5.97 Å². The SMILES string of the molecule is NCC(=O)N1CCCC1C(=O)NC(Cc1ccc(O)cc1)C(=O)NC(Cc1ccccc1)C(=O)O. The molecule has 0 radical (unpaired) electrons. The standard InChI is InChI=1S/C25H30N4O6/c26-15-22(31)29-12-4-7-21(29)24(33)27-19(13-17-8-10-18(30)11-9-17)23(32)28-20(25(34)35)14-16-5-2-1-3-6-16/h1-3,5-6,8-11,19-21,30H,4,7,12-15,26H2,(H,27,33)(H,28,32)(H,34,35). The Labute approximate surface area is 203 Å². The van der Waals surface area contributed by atoms with E-state index < -0.39 is 35.9 Å². The van der Waals surface area contributed by atoms with Gasteiger partial charge in [0.15, 0.2) is 0 Å². The zero-order valence-electron chi connectivity index (χ0n) is 19.2. The monoisotopic (exact) mass is 482 g/mol. The Bertz CT molecular complexity index is 1040. The number of nitrogens with zero attached hydrogens (tertiary/aromatic N) is 1.